The van der Waals surface area contributed by atoms with E-state index in [1.165, 1.54) is 36.9 Å². The zero-order valence-electron chi connectivity index (χ0n) is 17.7. The minimum Gasteiger partial charge on any atom is -0.348 e. The van der Waals surface area contributed by atoms with Crippen LogP contribution in [0.25, 0.3) is 0 Å². The third-order valence-electron chi connectivity index (χ3n) is 5.45. The lowest BCUT2D eigenvalue weighted by atomic mass is 10.0. The number of amides is 2. The van der Waals surface area contributed by atoms with Crippen LogP contribution in [0.3, 0.4) is 0 Å². The van der Waals surface area contributed by atoms with Crippen LogP contribution in [0.1, 0.15) is 63.2 Å². The first-order valence-corrected chi connectivity index (χ1v) is 10.5. The van der Waals surface area contributed by atoms with Gasteiger partial charge in [-0.15, -0.1) is 0 Å². The van der Waals surface area contributed by atoms with Gasteiger partial charge in [0.05, 0.1) is 23.5 Å². The van der Waals surface area contributed by atoms with Gasteiger partial charge in [-0.3, -0.25) is 14.6 Å². The SMILES string of the molecule is Cc1nc(C2CCCCN2C(=O)c2cnccn2)ncc1C(=O)NCc1ccc(F)cc1. The van der Waals surface area contributed by atoms with Gasteiger partial charge in [0, 0.05) is 31.7 Å². The van der Waals surface area contributed by atoms with Crippen LogP contribution >= 0.6 is 0 Å². The van der Waals surface area contributed by atoms with Crippen LogP contribution in [0.15, 0.2) is 49.1 Å². The Morgan fingerprint density at radius 1 is 1.12 bits per heavy atom. The van der Waals surface area contributed by atoms with E-state index in [2.05, 4.69) is 25.3 Å². The van der Waals surface area contributed by atoms with Gasteiger partial charge >= 0.3 is 0 Å². The molecule has 0 aliphatic carbocycles. The van der Waals surface area contributed by atoms with E-state index in [-0.39, 0.29) is 35.9 Å². The molecule has 2 amide bonds. The number of piperidine rings is 1. The molecule has 0 spiro atoms. The predicted octanol–water partition coefficient (Wildman–Crippen LogP) is 3.01. The normalized spacial score (nSPS) is 15.9. The minimum absolute atomic E-state index is 0.204. The molecule has 1 atom stereocenters. The maximum absolute atomic E-state index is 13.0. The number of carbonyl (C=O) groups excluding carboxylic acids is 2. The largest absolute Gasteiger partial charge is 0.348 e. The van der Waals surface area contributed by atoms with E-state index in [0.717, 1.165) is 24.8 Å². The maximum Gasteiger partial charge on any atom is 0.274 e. The van der Waals surface area contributed by atoms with Crippen molar-refractivity contribution in [1.82, 2.24) is 30.2 Å². The van der Waals surface area contributed by atoms with E-state index in [4.69, 9.17) is 0 Å². The van der Waals surface area contributed by atoms with Gasteiger partial charge in [0.15, 0.2) is 5.82 Å². The van der Waals surface area contributed by atoms with Gasteiger partial charge in [0.1, 0.15) is 11.5 Å². The average molecular weight is 434 g/mol. The number of hydrogen-bond acceptors (Lipinski definition) is 6. The Morgan fingerprint density at radius 2 is 1.94 bits per heavy atom. The topological polar surface area (TPSA) is 101 Å². The molecular formula is C23H23FN6O2. The Labute approximate surface area is 185 Å². The molecule has 3 heterocycles. The third kappa shape index (κ3) is 4.77. The molecule has 1 saturated heterocycles. The first-order valence-electron chi connectivity index (χ1n) is 10.5. The van der Waals surface area contributed by atoms with Crippen molar-refractivity contribution < 1.29 is 14.0 Å². The van der Waals surface area contributed by atoms with E-state index in [1.54, 1.807) is 24.0 Å². The van der Waals surface area contributed by atoms with E-state index in [1.807, 2.05) is 0 Å². The molecule has 1 N–H and O–H groups in total. The highest BCUT2D eigenvalue weighted by Gasteiger charge is 2.31. The highest BCUT2D eigenvalue weighted by atomic mass is 19.1. The summed E-state index contributed by atoms with van der Waals surface area (Å²) in [5.41, 5.74) is 1.96. The van der Waals surface area contributed by atoms with E-state index >= 15 is 0 Å². The fraction of sp³-hybridized carbons (Fsp3) is 0.304. The smallest absolute Gasteiger partial charge is 0.274 e. The third-order valence-corrected chi connectivity index (χ3v) is 5.45. The molecule has 2 aromatic heterocycles. The number of rotatable bonds is 5. The van der Waals surface area contributed by atoms with Crippen LogP contribution in [0.2, 0.25) is 0 Å². The summed E-state index contributed by atoms with van der Waals surface area (Å²) in [7, 11) is 0. The molecule has 9 heteroatoms. The van der Waals surface area contributed by atoms with E-state index in [0.29, 0.717) is 23.6 Å². The zero-order chi connectivity index (χ0) is 22.5. The van der Waals surface area contributed by atoms with Gasteiger partial charge in [-0.2, -0.15) is 0 Å². The number of hydrogen-bond donors (Lipinski definition) is 1. The lowest BCUT2D eigenvalue weighted by molar-refractivity contribution is 0.0592. The fourth-order valence-corrected chi connectivity index (χ4v) is 3.75. The second-order valence-electron chi connectivity index (χ2n) is 7.64. The van der Waals surface area contributed by atoms with Gasteiger partial charge in [0.25, 0.3) is 11.8 Å². The van der Waals surface area contributed by atoms with E-state index < -0.39 is 0 Å². The molecule has 1 aliphatic rings. The molecule has 4 rings (SSSR count). The first-order chi connectivity index (χ1) is 15.5. The Kier molecular flexibility index (Phi) is 6.44. The average Bonchev–Trinajstić information content (AvgIpc) is 2.83. The molecular weight excluding hydrogens is 411 g/mol. The standard InChI is InChI=1S/C23H23FN6O2/c1-15-18(22(31)28-12-16-5-7-17(24)8-6-16)13-27-21(29-15)20-4-2-3-11-30(20)23(32)19-14-25-9-10-26-19/h5-10,13-14,20H,2-4,11-12H2,1H3,(H,28,31). The molecule has 164 valence electrons. The summed E-state index contributed by atoms with van der Waals surface area (Å²) in [6.45, 7) is 2.60. The van der Waals surface area contributed by atoms with Gasteiger partial charge in [0.2, 0.25) is 0 Å². The molecule has 0 bridgehead atoms. The minimum atomic E-state index is -0.325. The van der Waals surface area contributed by atoms with E-state index in [9.17, 15) is 14.0 Å². The number of benzene rings is 1. The van der Waals surface area contributed by atoms with Crippen LogP contribution in [0.4, 0.5) is 4.39 Å². The second-order valence-corrected chi connectivity index (χ2v) is 7.64. The van der Waals surface area contributed by atoms with Crippen molar-refractivity contribution in [2.24, 2.45) is 0 Å². The molecule has 3 aromatic rings. The van der Waals surface area contributed by atoms with Crippen LogP contribution in [0.5, 0.6) is 0 Å². The molecule has 1 aromatic carbocycles. The van der Waals surface area contributed by atoms with Crippen LogP contribution < -0.4 is 5.32 Å². The second kappa shape index (κ2) is 9.59. The van der Waals surface area contributed by atoms with Crippen molar-refractivity contribution in [3.05, 3.63) is 83.2 Å². The maximum atomic E-state index is 13.0. The summed E-state index contributed by atoms with van der Waals surface area (Å²) in [6.07, 6.45) is 8.55. The summed E-state index contributed by atoms with van der Waals surface area (Å²) in [5.74, 6) is -0.330. The molecule has 0 saturated carbocycles. The van der Waals surface area contributed by atoms with Crippen LogP contribution in [0, 0.1) is 12.7 Å². The van der Waals surface area contributed by atoms with Crippen LogP contribution in [-0.4, -0.2) is 43.2 Å². The Morgan fingerprint density at radius 3 is 2.66 bits per heavy atom. The number of halogens is 1. The highest BCUT2D eigenvalue weighted by Crippen LogP contribution is 2.30. The molecule has 0 radical (unpaired) electrons. The Bertz CT molecular complexity index is 1110. The molecule has 1 aliphatic heterocycles. The number of aromatic nitrogens is 4. The zero-order valence-corrected chi connectivity index (χ0v) is 17.7. The summed E-state index contributed by atoms with van der Waals surface area (Å²) in [5, 5.41) is 2.80. The van der Waals surface area contributed by atoms with Crippen molar-refractivity contribution >= 4 is 11.8 Å². The Hall–Kier alpha value is -3.75. The summed E-state index contributed by atoms with van der Waals surface area (Å²) in [6, 6.07) is 5.65. The number of nitrogens with zero attached hydrogens (tertiary/aromatic N) is 5. The lowest BCUT2D eigenvalue weighted by Gasteiger charge is -2.34. The number of carbonyl (C=O) groups is 2. The predicted molar refractivity (Wildman–Crippen MR) is 114 cm³/mol. The monoisotopic (exact) mass is 434 g/mol. The summed E-state index contributed by atoms with van der Waals surface area (Å²) in [4.78, 5) is 44.4. The summed E-state index contributed by atoms with van der Waals surface area (Å²) >= 11 is 0. The van der Waals surface area contributed by atoms with Gasteiger partial charge in [-0.1, -0.05) is 12.1 Å². The van der Waals surface area contributed by atoms with Gasteiger partial charge < -0.3 is 10.2 Å². The number of likely N-dealkylation sites (tertiary alicyclic amines) is 1. The first kappa shape index (κ1) is 21.5. The lowest BCUT2D eigenvalue weighted by Crippen LogP contribution is -2.40. The molecule has 8 nitrogen and oxygen atoms in total. The van der Waals surface area contributed by atoms with Gasteiger partial charge in [-0.25, -0.2) is 19.3 Å². The van der Waals surface area contributed by atoms with Crippen molar-refractivity contribution in [1.29, 1.82) is 0 Å². The molecule has 1 unspecified atom stereocenters. The highest BCUT2D eigenvalue weighted by molar-refractivity contribution is 5.95. The fourth-order valence-electron chi connectivity index (χ4n) is 3.75. The quantitative estimate of drug-likeness (QED) is 0.663. The van der Waals surface area contributed by atoms with Crippen molar-refractivity contribution in [3.8, 4) is 0 Å². The molecule has 1 fully saturated rings. The number of nitrogens with one attached hydrogen (secondary N) is 1. The van der Waals surface area contributed by atoms with Gasteiger partial charge in [-0.05, 0) is 43.9 Å². The van der Waals surface area contributed by atoms with Crippen molar-refractivity contribution in [3.63, 3.8) is 0 Å². The van der Waals surface area contributed by atoms with Crippen molar-refractivity contribution in [2.45, 2.75) is 38.8 Å². The van der Waals surface area contributed by atoms with Crippen LogP contribution in [-0.2, 0) is 6.54 Å². The van der Waals surface area contributed by atoms with Crippen molar-refractivity contribution in [2.75, 3.05) is 6.54 Å². The summed E-state index contributed by atoms with van der Waals surface area (Å²) < 4.78 is 13.0. The molecule has 32 heavy (non-hydrogen) atoms. The number of aryl methyl sites for hydroxylation is 1. The Balaban J connectivity index is 1.49.